The Kier molecular flexibility index (Phi) is 5.68. The summed E-state index contributed by atoms with van der Waals surface area (Å²) >= 11 is 5.95. The average molecular weight is 381 g/mol. The molecule has 136 valence electrons. The molecule has 0 radical (unpaired) electrons. The number of amides is 2. The lowest BCUT2D eigenvalue weighted by Gasteiger charge is -2.07. The van der Waals surface area contributed by atoms with Crippen LogP contribution in [-0.2, 0) is 9.59 Å². The highest BCUT2D eigenvalue weighted by molar-refractivity contribution is 6.41. The maximum Gasteiger partial charge on any atom is 0.329 e. The van der Waals surface area contributed by atoms with E-state index in [1.54, 1.807) is 31.2 Å². The summed E-state index contributed by atoms with van der Waals surface area (Å²) in [6, 6.07) is 18.2. The maximum absolute atomic E-state index is 11.9. The molecule has 2 N–H and O–H groups in total. The van der Waals surface area contributed by atoms with E-state index in [1.807, 2.05) is 53.4 Å². The standard InChI is InChI=1S/C20H17ClN4O2/c1-14(15-8-10-16(11-9-15)25-12-4-5-13-25)23-24-20(27)19(26)22-18-7-3-2-6-17(18)21/h2-13H,1H3,(H,22,26)(H,24,27)/b23-14+. The lowest BCUT2D eigenvalue weighted by atomic mass is 10.1. The van der Waals surface area contributed by atoms with Gasteiger partial charge in [0.2, 0.25) is 0 Å². The fraction of sp³-hybridized carbons (Fsp3) is 0.0500. The largest absolute Gasteiger partial charge is 0.329 e. The molecule has 0 spiro atoms. The van der Waals surface area contributed by atoms with Crippen molar-refractivity contribution in [3.8, 4) is 5.69 Å². The quantitative estimate of drug-likeness (QED) is 0.412. The predicted molar refractivity (Wildman–Crippen MR) is 106 cm³/mol. The van der Waals surface area contributed by atoms with Crippen LogP contribution in [0.5, 0.6) is 0 Å². The molecule has 0 aliphatic heterocycles. The predicted octanol–water partition coefficient (Wildman–Crippen LogP) is 3.61. The third-order valence-corrected chi connectivity index (χ3v) is 4.17. The molecule has 0 atom stereocenters. The van der Waals surface area contributed by atoms with E-state index in [9.17, 15) is 9.59 Å². The minimum Gasteiger partial charge on any atom is -0.324 e. The molecule has 0 aliphatic rings. The van der Waals surface area contributed by atoms with E-state index in [0.29, 0.717) is 16.4 Å². The molecule has 0 aliphatic carbocycles. The zero-order valence-corrected chi connectivity index (χ0v) is 15.3. The maximum atomic E-state index is 11.9. The average Bonchev–Trinajstić information content (AvgIpc) is 3.22. The van der Waals surface area contributed by atoms with Crippen LogP contribution >= 0.6 is 11.6 Å². The second-order valence-electron chi connectivity index (χ2n) is 5.71. The van der Waals surface area contributed by atoms with Crippen molar-refractivity contribution in [3.05, 3.63) is 83.6 Å². The summed E-state index contributed by atoms with van der Waals surface area (Å²) in [5, 5.41) is 6.78. The highest BCUT2D eigenvalue weighted by atomic mass is 35.5. The minimum absolute atomic E-state index is 0.348. The monoisotopic (exact) mass is 380 g/mol. The normalized spacial score (nSPS) is 11.1. The second kappa shape index (κ2) is 8.33. The number of hydrogen-bond donors (Lipinski definition) is 2. The van der Waals surface area contributed by atoms with Gasteiger partial charge in [-0.05, 0) is 48.9 Å². The Morgan fingerprint density at radius 2 is 1.59 bits per heavy atom. The zero-order chi connectivity index (χ0) is 19.2. The van der Waals surface area contributed by atoms with Crippen molar-refractivity contribution in [3.63, 3.8) is 0 Å². The Labute approximate surface area is 161 Å². The molecular weight excluding hydrogens is 364 g/mol. The van der Waals surface area contributed by atoms with Crippen LogP contribution in [0.2, 0.25) is 5.02 Å². The number of halogens is 1. The number of carbonyl (C=O) groups is 2. The van der Waals surface area contributed by atoms with Crippen LogP contribution < -0.4 is 10.7 Å². The number of nitrogens with one attached hydrogen (secondary N) is 2. The number of hydrogen-bond acceptors (Lipinski definition) is 3. The molecule has 0 unspecified atom stereocenters. The lowest BCUT2D eigenvalue weighted by Crippen LogP contribution is -2.33. The van der Waals surface area contributed by atoms with Gasteiger partial charge in [0.25, 0.3) is 0 Å². The van der Waals surface area contributed by atoms with Crippen LogP contribution in [0.4, 0.5) is 5.69 Å². The number of benzene rings is 2. The molecule has 0 saturated carbocycles. The number of rotatable bonds is 4. The molecule has 6 nitrogen and oxygen atoms in total. The van der Waals surface area contributed by atoms with Gasteiger partial charge in [-0.1, -0.05) is 35.9 Å². The first-order valence-corrected chi connectivity index (χ1v) is 8.56. The molecule has 0 fully saturated rings. The SMILES string of the molecule is C/C(=N\NC(=O)C(=O)Nc1ccccc1Cl)c1ccc(-n2cccc2)cc1. The molecule has 2 aromatic carbocycles. The lowest BCUT2D eigenvalue weighted by molar-refractivity contribution is -0.136. The van der Waals surface area contributed by atoms with Gasteiger partial charge in [0.15, 0.2) is 0 Å². The fourth-order valence-electron chi connectivity index (χ4n) is 2.37. The summed E-state index contributed by atoms with van der Waals surface area (Å²) in [5.74, 6) is -1.72. The van der Waals surface area contributed by atoms with Gasteiger partial charge in [-0.25, -0.2) is 5.43 Å². The molecule has 2 amide bonds. The van der Waals surface area contributed by atoms with Gasteiger partial charge in [-0.15, -0.1) is 0 Å². The molecule has 3 rings (SSSR count). The Hall–Kier alpha value is -3.38. The summed E-state index contributed by atoms with van der Waals surface area (Å²) in [7, 11) is 0. The highest BCUT2D eigenvalue weighted by Gasteiger charge is 2.14. The minimum atomic E-state index is -0.877. The summed E-state index contributed by atoms with van der Waals surface area (Å²) in [6.07, 6.45) is 3.90. The molecule has 7 heteroatoms. The highest BCUT2D eigenvalue weighted by Crippen LogP contribution is 2.20. The van der Waals surface area contributed by atoms with Crippen molar-refractivity contribution < 1.29 is 9.59 Å². The summed E-state index contributed by atoms with van der Waals surface area (Å²) in [6.45, 7) is 1.75. The van der Waals surface area contributed by atoms with Gasteiger partial charge in [-0.3, -0.25) is 9.59 Å². The van der Waals surface area contributed by atoms with Crippen LogP contribution in [-0.4, -0.2) is 22.1 Å². The smallest absolute Gasteiger partial charge is 0.324 e. The van der Waals surface area contributed by atoms with E-state index in [1.165, 1.54) is 0 Å². The van der Waals surface area contributed by atoms with Gasteiger partial charge in [-0.2, -0.15) is 5.10 Å². The van der Waals surface area contributed by atoms with E-state index in [0.717, 1.165) is 11.3 Å². The van der Waals surface area contributed by atoms with E-state index >= 15 is 0 Å². The van der Waals surface area contributed by atoms with Crippen molar-refractivity contribution in [2.45, 2.75) is 6.92 Å². The van der Waals surface area contributed by atoms with Crippen LogP contribution in [0, 0.1) is 0 Å². The molecule has 0 saturated heterocycles. The van der Waals surface area contributed by atoms with Crippen molar-refractivity contribution in [2.24, 2.45) is 5.10 Å². The topological polar surface area (TPSA) is 75.5 Å². The molecule has 27 heavy (non-hydrogen) atoms. The van der Waals surface area contributed by atoms with E-state index in [4.69, 9.17) is 11.6 Å². The van der Waals surface area contributed by atoms with Gasteiger partial charge < -0.3 is 9.88 Å². The zero-order valence-electron chi connectivity index (χ0n) is 14.5. The summed E-state index contributed by atoms with van der Waals surface area (Å²) in [5.41, 5.74) is 5.03. The first kappa shape index (κ1) is 18.4. The number of carbonyl (C=O) groups excluding carboxylic acids is 2. The van der Waals surface area contributed by atoms with Crippen molar-refractivity contribution >= 4 is 34.8 Å². The van der Waals surface area contributed by atoms with E-state index in [2.05, 4.69) is 15.8 Å². The molecule has 0 bridgehead atoms. The van der Waals surface area contributed by atoms with Crippen LogP contribution in [0.15, 0.2) is 78.2 Å². The van der Waals surface area contributed by atoms with Gasteiger partial charge in [0.05, 0.1) is 16.4 Å². The fourth-order valence-corrected chi connectivity index (χ4v) is 2.56. The van der Waals surface area contributed by atoms with Gasteiger partial charge >= 0.3 is 11.8 Å². The van der Waals surface area contributed by atoms with Gasteiger partial charge in [0, 0.05) is 18.1 Å². The van der Waals surface area contributed by atoms with Crippen molar-refractivity contribution in [1.29, 1.82) is 0 Å². The Balaban J connectivity index is 1.62. The molecule has 1 heterocycles. The Morgan fingerprint density at radius 3 is 2.26 bits per heavy atom. The molecule has 1 aromatic heterocycles. The first-order chi connectivity index (χ1) is 13.0. The molecule has 3 aromatic rings. The summed E-state index contributed by atoms with van der Waals surface area (Å²) < 4.78 is 1.98. The van der Waals surface area contributed by atoms with Crippen LogP contribution in [0.1, 0.15) is 12.5 Å². The second-order valence-corrected chi connectivity index (χ2v) is 6.12. The van der Waals surface area contributed by atoms with E-state index in [-0.39, 0.29) is 0 Å². The number of anilines is 1. The van der Waals surface area contributed by atoms with Crippen LogP contribution in [0.3, 0.4) is 0 Å². The number of hydrazone groups is 1. The Bertz CT molecular complexity index is 979. The number of nitrogens with zero attached hydrogens (tertiary/aromatic N) is 2. The number of para-hydroxylation sites is 1. The van der Waals surface area contributed by atoms with E-state index < -0.39 is 11.8 Å². The number of aromatic nitrogens is 1. The Morgan fingerprint density at radius 1 is 0.926 bits per heavy atom. The third-order valence-electron chi connectivity index (χ3n) is 3.84. The van der Waals surface area contributed by atoms with Crippen molar-refractivity contribution in [1.82, 2.24) is 9.99 Å². The summed E-state index contributed by atoms with van der Waals surface area (Å²) in [4.78, 5) is 23.9. The van der Waals surface area contributed by atoms with Crippen molar-refractivity contribution in [2.75, 3.05) is 5.32 Å². The molecular formula is C20H17ClN4O2. The third kappa shape index (κ3) is 4.62. The van der Waals surface area contributed by atoms with Gasteiger partial charge in [0.1, 0.15) is 0 Å². The van der Waals surface area contributed by atoms with Crippen LogP contribution in [0.25, 0.3) is 5.69 Å². The first-order valence-electron chi connectivity index (χ1n) is 8.18.